The maximum absolute atomic E-state index is 13.3. The lowest BCUT2D eigenvalue weighted by molar-refractivity contribution is -0.0532. The van der Waals surface area contributed by atoms with Crippen molar-refractivity contribution in [3.63, 3.8) is 0 Å². The highest BCUT2D eigenvalue weighted by atomic mass is 16.6. The molecule has 2 aliphatic heterocycles. The molecule has 34 heavy (non-hydrogen) atoms. The minimum absolute atomic E-state index is 0.0261. The highest BCUT2D eigenvalue weighted by Gasteiger charge is 2.51. The molecule has 0 saturated carbocycles. The van der Waals surface area contributed by atoms with Crippen molar-refractivity contribution in [3.05, 3.63) is 95.1 Å². The molecule has 1 N–H and O–H groups in total. The van der Waals surface area contributed by atoms with Crippen molar-refractivity contribution in [2.75, 3.05) is 6.61 Å². The molecule has 2 heterocycles. The molecule has 3 aromatic carbocycles. The summed E-state index contributed by atoms with van der Waals surface area (Å²) in [6, 6.07) is 25.9. The van der Waals surface area contributed by atoms with Gasteiger partial charge in [0.2, 0.25) is 0 Å². The number of piperidine rings is 1. The molecule has 2 unspecified atom stereocenters. The largest absolute Gasteiger partial charge is 0.448 e. The fourth-order valence-electron chi connectivity index (χ4n) is 6.40. The molecule has 5 heteroatoms. The van der Waals surface area contributed by atoms with E-state index in [0.29, 0.717) is 30.6 Å². The molecule has 1 aliphatic carbocycles. The van der Waals surface area contributed by atoms with Gasteiger partial charge in [0.15, 0.2) is 0 Å². The van der Waals surface area contributed by atoms with E-state index in [-0.39, 0.29) is 24.1 Å². The van der Waals surface area contributed by atoms with E-state index in [0.717, 1.165) is 12.8 Å². The van der Waals surface area contributed by atoms with Gasteiger partial charge in [-0.05, 0) is 41.2 Å². The van der Waals surface area contributed by atoms with E-state index in [2.05, 4.69) is 30.3 Å². The van der Waals surface area contributed by atoms with Gasteiger partial charge in [-0.1, -0.05) is 66.7 Å². The van der Waals surface area contributed by atoms with Gasteiger partial charge in [0, 0.05) is 36.4 Å². The average Bonchev–Trinajstić information content (AvgIpc) is 3.34. The average molecular weight is 451 g/mol. The van der Waals surface area contributed by atoms with Gasteiger partial charge in [-0.15, -0.1) is 0 Å². The molecule has 170 valence electrons. The molecule has 0 spiro atoms. The van der Waals surface area contributed by atoms with Crippen LogP contribution in [0.25, 0.3) is 11.1 Å². The van der Waals surface area contributed by atoms with Gasteiger partial charge in [0.1, 0.15) is 6.61 Å². The van der Waals surface area contributed by atoms with E-state index in [9.17, 15) is 15.2 Å². The summed E-state index contributed by atoms with van der Waals surface area (Å²) in [6.07, 6.45) is 2.22. The van der Waals surface area contributed by atoms with Crippen LogP contribution in [0.4, 0.5) is 4.79 Å². The monoisotopic (exact) mass is 450 g/mol. The van der Waals surface area contributed by atoms with Crippen LogP contribution in [0.15, 0.2) is 72.8 Å². The predicted molar refractivity (Wildman–Crippen MR) is 128 cm³/mol. The van der Waals surface area contributed by atoms with E-state index in [1.807, 2.05) is 47.4 Å². The summed E-state index contributed by atoms with van der Waals surface area (Å²) in [5.74, 6) is 0.0261. The molecular formula is C29H26N2O3. The molecule has 1 amide bonds. The van der Waals surface area contributed by atoms with Crippen molar-refractivity contribution < 1.29 is 14.6 Å². The molecule has 6 rings (SSSR count). The number of rotatable bonds is 3. The third-order valence-corrected chi connectivity index (χ3v) is 7.86. The number of carbonyl (C=O) groups is 1. The SMILES string of the molecule is N#Cc1ccccc1C1(O)CC2CCC(C1)N2C(=O)OCC1c2ccccc2-c2ccccc21. The maximum atomic E-state index is 13.3. The minimum atomic E-state index is -1.10. The molecular weight excluding hydrogens is 424 g/mol. The second-order valence-electron chi connectivity index (χ2n) is 9.69. The first-order valence-corrected chi connectivity index (χ1v) is 11.9. The summed E-state index contributed by atoms with van der Waals surface area (Å²) in [5.41, 5.74) is 4.87. The number of nitrogens with zero attached hydrogens (tertiary/aromatic N) is 2. The molecule has 0 aromatic heterocycles. The zero-order chi connectivity index (χ0) is 23.3. The molecule has 3 aromatic rings. The van der Waals surface area contributed by atoms with Crippen LogP contribution in [-0.2, 0) is 10.3 Å². The van der Waals surface area contributed by atoms with Crippen LogP contribution in [0.5, 0.6) is 0 Å². The first kappa shape index (κ1) is 20.9. The van der Waals surface area contributed by atoms with Gasteiger partial charge in [-0.3, -0.25) is 0 Å². The van der Waals surface area contributed by atoms with Crippen LogP contribution >= 0.6 is 0 Å². The fourth-order valence-corrected chi connectivity index (χ4v) is 6.40. The standard InChI is InChI=1S/C29H26N2O3/c30-17-19-7-1-6-12-27(19)29(33)15-20-13-14-21(16-29)31(20)28(32)34-18-26-24-10-4-2-8-22(24)23-9-3-5-11-25(23)26/h1-12,20-21,26,33H,13-16,18H2. The number of hydrogen-bond donors (Lipinski definition) is 1. The summed E-state index contributed by atoms with van der Waals surface area (Å²) >= 11 is 0. The number of nitriles is 1. The van der Waals surface area contributed by atoms with Crippen molar-refractivity contribution >= 4 is 6.09 Å². The van der Waals surface area contributed by atoms with Crippen LogP contribution < -0.4 is 0 Å². The molecule has 2 fully saturated rings. The van der Waals surface area contributed by atoms with Crippen molar-refractivity contribution in [3.8, 4) is 17.2 Å². The molecule has 2 saturated heterocycles. The van der Waals surface area contributed by atoms with Crippen LogP contribution in [0.3, 0.4) is 0 Å². The normalized spacial score (nSPS) is 24.9. The van der Waals surface area contributed by atoms with Crippen molar-refractivity contribution in [2.45, 2.75) is 49.3 Å². The third kappa shape index (κ3) is 3.21. The Labute approximate surface area is 199 Å². The number of hydrogen-bond acceptors (Lipinski definition) is 4. The first-order valence-electron chi connectivity index (χ1n) is 11.9. The maximum Gasteiger partial charge on any atom is 0.410 e. The number of aliphatic hydroxyl groups is 1. The summed E-state index contributed by atoms with van der Waals surface area (Å²) in [5, 5.41) is 21.0. The lowest BCUT2D eigenvalue weighted by Gasteiger charge is -2.43. The van der Waals surface area contributed by atoms with Gasteiger partial charge in [0.25, 0.3) is 0 Å². The number of fused-ring (bicyclic) bond motifs is 5. The number of benzene rings is 3. The van der Waals surface area contributed by atoms with Crippen LogP contribution in [0, 0.1) is 11.3 Å². The molecule has 5 nitrogen and oxygen atoms in total. The van der Waals surface area contributed by atoms with Crippen LogP contribution in [-0.4, -0.2) is 34.8 Å². The van der Waals surface area contributed by atoms with Crippen molar-refractivity contribution in [1.29, 1.82) is 5.26 Å². The van der Waals surface area contributed by atoms with Crippen molar-refractivity contribution in [2.24, 2.45) is 0 Å². The smallest absolute Gasteiger partial charge is 0.410 e. The van der Waals surface area contributed by atoms with Crippen molar-refractivity contribution in [1.82, 2.24) is 4.90 Å². The number of carbonyl (C=O) groups excluding carboxylic acids is 1. The van der Waals surface area contributed by atoms with Gasteiger partial charge in [0.05, 0.1) is 17.2 Å². The van der Waals surface area contributed by atoms with Crippen LogP contribution in [0.1, 0.15) is 53.9 Å². The minimum Gasteiger partial charge on any atom is -0.448 e. The highest BCUT2D eigenvalue weighted by Crippen LogP contribution is 2.48. The summed E-state index contributed by atoms with van der Waals surface area (Å²) in [4.78, 5) is 15.1. The van der Waals surface area contributed by atoms with Crippen LogP contribution in [0.2, 0.25) is 0 Å². The van der Waals surface area contributed by atoms with Gasteiger partial charge < -0.3 is 14.7 Å². The predicted octanol–water partition coefficient (Wildman–Crippen LogP) is 5.32. The van der Waals surface area contributed by atoms with Gasteiger partial charge >= 0.3 is 6.09 Å². The van der Waals surface area contributed by atoms with E-state index >= 15 is 0 Å². The zero-order valence-electron chi connectivity index (χ0n) is 18.9. The molecule has 2 bridgehead atoms. The van der Waals surface area contributed by atoms with E-state index in [4.69, 9.17) is 4.74 Å². The lowest BCUT2D eigenvalue weighted by Crippen LogP contribution is -2.52. The first-order chi connectivity index (χ1) is 16.6. The Morgan fingerprint density at radius 1 is 0.941 bits per heavy atom. The number of amides is 1. The number of ether oxygens (including phenoxy) is 1. The molecule has 3 aliphatic rings. The summed E-state index contributed by atoms with van der Waals surface area (Å²) in [6.45, 7) is 0.296. The molecule has 2 atom stereocenters. The summed E-state index contributed by atoms with van der Waals surface area (Å²) in [7, 11) is 0. The van der Waals surface area contributed by atoms with E-state index in [1.165, 1.54) is 22.3 Å². The quantitative estimate of drug-likeness (QED) is 0.586. The molecule has 0 radical (unpaired) electrons. The second-order valence-corrected chi connectivity index (χ2v) is 9.69. The second kappa shape index (κ2) is 8.00. The van der Waals surface area contributed by atoms with E-state index in [1.54, 1.807) is 6.07 Å². The topological polar surface area (TPSA) is 73.6 Å². The van der Waals surface area contributed by atoms with E-state index < -0.39 is 5.60 Å². The Bertz CT molecular complexity index is 1250. The zero-order valence-corrected chi connectivity index (χ0v) is 18.9. The Hall–Kier alpha value is -3.62. The Balaban J connectivity index is 1.20. The highest BCUT2D eigenvalue weighted by molar-refractivity contribution is 5.79. The third-order valence-electron chi connectivity index (χ3n) is 7.86. The fraction of sp³-hybridized carbons (Fsp3) is 0.310. The lowest BCUT2D eigenvalue weighted by atomic mass is 9.79. The van der Waals surface area contributed by atoms with Gasteiger partial charge in [-0.2, -0.15) is 5.26 Å². The summed E-state index contributed by atoms with van der Waals surface area (Å²) < 4.78 is 5.93. The Morgan fingerprint density at radius 2 is 1.50 bits per heavy atom. The Morgan fingerprint density at radius 3 is 2.12 bits per heavy atom. The Kier molecular flexibility index (Phi) is 4.93. The van der Waals surface area contributed by atoms with Gasteiger partial charge in [-0.25, -0.2) is 4.79 Å².